The van der Waals surface area contributed by atoms with Crippen molar-refractivity contribution in [1.29, 1.82) is 0 Å². The number of rotatable bonds is 8. The molecule has 80 valence electrons. The van der Waals surface area contributed by atoms with Gasteiger partial charge in [0.2, 0.25) is 0 Å². The van der Waals surface area contributed by atoms with Crippen LogP contribution < -0.4 is 0 Å². The fourth-order valence-electron chi connectivity index (χ4n) is 1.61. The van der Waals surface area contributed by atoms with Crippen LogP contribution in [0.4, 0.5) is 0 Å². The molecule has 2 nitrogen and oxygen atoms in total. The smallest absolute Gasteiger partial charge is 0.0880 e. The summed E-state index contributed by atoms with van der Waals surface area (Å²) in [6.07, 6.45) is 4.77. The lowest BCUT2D eigenvalue weighted by Gasteiger charge is -2.27. The highest BCUT2D eigenvalue weighted by atomic mass is 16.5. The Kier molecular flexibility index (Phi) is 7.29. The van der Waals surface area contributed by atoms with E-state index in [9.17, 15) is 5.11 Å². The number of hydrogen-bond acceptors (Lipinski definition) is 2. The normalized spacial score (nSPS) is 12.0. The highest BCUT2D eigenvalue weighted by Crippen LogP contribution is 2.19. The van der Waals surface area contributed by atoms with Crippen LogP contribution in [0.1, 0.15) is 52.9 Å². The second-order valence-electron chi connectivity index (χ2n) is 3.78. The molecule has 1 N–H and O–H groups in total. The predicted molar refractivity (Wildman–Crippen MR) is 55.9 cm³/mol. The van der Waals surface area contributed by atoms with E-state index in [-0.39, 0.29) is 0 Å². The fraction of sp³-hybridized carbons (Fsp3) is 1.00. The second kappa shape index (κ2) is 7.34. The van der Waals surface area contributed by atoms with Crippen LogP contribution in [-0.2, 0) is 4.74 Å². The Morgan fingerprint density at radius 1 is 1.00 bits per heavy atom. The van der Waals surface area contributed by atoms with E-state index in [0.717, 1.165) is 38.7 Å². The third-order valence-corrected chi connectivity index (χ3v) is 2.15. The molecule has 13 heavy (non-hydrogen) atoms. The van der Waals surface area contributed by atoms with Crippen molar-refractivity contribution >= 4 is 0 Å². The lowest BCUT2D eigenvalue weighted by atomic mass is 9.94. The van der Waals surface area contributed by atoms with Gasteiger partial charge in [0.15, 0.2) is 0 Å². The summed E-state index contributed by atoms with van der Waals surface area (Å²) in [6.45, 7) is 7.54. The van der Waals surface area contributed by atoms with Gasteiger partial charge in [-0.1, -0.05) is 33.6 Å². The molecule has 0 unspecified atom stereocenters. The minimum absolute atomic E-state index is 0.502. The monoisotopic (exact) mass is 188 g/mol. The predicted octanol–water partition coefficient (Wildman–Crippen LogP) is 2.74. The van der Waals surface area contributed by atoms with Crippen molar-refractivity contribution in [3.63, 3.8) is 0 Å². The van der Waals surface area contributed by atoms with Crippen molar-refractivity contribution in [2.75, 3.05) is 13.2 Å². The average molecular weight is 188 g/mol. The molecule has 0 bridgehead atoms. The van der Waals surface area contributed by atoms with Crippen molar-refractivity contribution in [3.8, 4) is 0 Å². The molecule has 0 saturated carbocycles. The summed E-state index contributed by atoms with van der Waals surface area (Å²) < 4.78 is 5.40. The van der Waals surface area contributed by atoms with Crippen LogP contribution in [0.3, 0.4) is 0 Å². The van der Waals surface area contributed by atoms with E-state index in [2.05, 4.69) is 20.8 Å². The van der Waals surface area contributed by atoms with Crippen molar-refractivity contribution in [2.24, 2.45) is 0 Å². The van der Waals surface area contributed by atoms with Gasteiger partial charge < -0.3 is 9.84 Å². The minimum atomic E-state index is -0.571. The Bertz CT molecular complexity index is 107. The first kappa shape index (κ1) is 12.9. The van der Waals surface area contributed by atoms with E-state index >= 15 is 0 Å². The van der Waals surface area contributed by atoms with Crippen LogP contribution in [-0.4, -0.2) is 23.9 Å². The molecule has 0 amide bonds. The van der Waals surface area contributed by atoms with Crippen molar-refractivity contribution < 1.29 is 9.84 Å². The Morgan fingerprint density at radius 3 is 1.92 bits per heavy atom. The third kappa shape index (κ3) is 6.05. The van der Waals surface area contributed by atoms with Crippen molar-refractivity contribution in [2.45, 2.75) is 58.5 Å². The lowest BCUT2D eigenvalue weighted by Crippen LogP contribution is -2.34. The molecule has 0 aliphatic heterocycles. The number of ether oxygens (including phenoxy) is 1. The van der Waals surface area contributed by atoms with E-state index < -0.39 is 5.60 Å². The second-order valence-corrected chi connectivity index (χ2v) is 3.78. The van der Waals surface area contributed by atoms with Crippen molar-refractivity contribution in [1.82, 2.24) is 0 Å². The molecule has 0 fully saturated rings. The SMILES string of the molecule is CCCOCC(O)(CCC)CCC. The zero-order valence-corrected chi connectivity index (χ0v) is 9.31. The maximum absolute atomic E-state index is 10.1. The van der Waals surface area contributed by atoms with Crippen molar-refractivity contribution in [3.05, 3.63) is 0 Å². The molecule has 0 saturated heterocycles. The molecular formula is C11H24O2. The summed E-state index contributed by atoms with van der Waals surface area (Å²) >= 11 is 0. The largest absolute Gasteiger partial charge is 0.387 e. The van der Waals surface area contributed by atoms with Crippen LogP contribution in [0.5, 0.6) is 0 Å². The Labute approximate surface area is 82.3 Å². The summed E-state index contributed by atoms with van der Waals surface area (Å²) in [5, 5.41) is 10.1. The number of hydrogen-bond donors (Lipinski definition) is 1. The molecule has 0 heterocycles. The Hall–Kier alpha value is -0.0800. The first-order chi connectivity index (χ1) is 6.18. The van der Waals surface area contributed by atoms with Gasteiger partial charge in [-0.3, -0.25) is 0 Å². The summed E-state index contributed by atoms with van der Waals surface area (Å²) in [7, 11) is 0. The van der Waals surface area contributed by atoms with E-state index in [1.165, 1.54) is 0 Å². The van der Waals surface area contributed by atoms with E-state index in [1.807, 2.05) is 0 Å². The zero-order valence-electron chi connectivity index (χ0n) is 9.31. The summed E-state index contributed by atoms with van der Waals surface area (Å²) in [6, 6.07) is 0. The molecule has 2 heteroatoms. The number of aliphatic hydroxyl groups is 1. The van der Waals surface area contributed by atoms with E-state index in [0.29, 0.717) is 6.61 Å². The lowest BCUT2D eigenvalue weighted by molar-refractivity contribution is -0.0576. The van der Waals surface area contributed by atoms with Crippen LogP contribution >= 0.6 is 0 Å². The van der Waals surface area contributed by atoms with Crippen LogP contribution in [0.15, 0.2) is 0 Å². The molecule has 0 aliphatic rings. The molecule has 0 atom stereocenters. The first-order valence-corrected chi connectivity index (χ1v) is 5.48. The summed E-state index contributed by atoms with van der Waals surface area (Å²) in [5.41, 5.74) is -0.571. The highest BCUT2D eigenvalue weighted by molar-refractivity contribution is 4.76. The van der Waals surface area contributed by atoms with Gasteiger partial charge in [0, 0.05) is 6.61 Å². The summed E-state index contributed by atoms with van der Waals surface area (Å²) in [5.74, 6) is 0. The minimum Gasteiger partial charge on any atom is -0.387 e. The van der Waals surface area contributed by atoms with E-state index in [4.69, 9.17) is 4.74 Å². The van der Waals surface area contributed by atoms with Gasteiger partial charge in [0.25, 0.3) is 0 Å². The topological polar surface area (TPSA) is 29.5 Å². The standard InChI is InChI=1S/C11H24O2/c1-4-7-11(12,8-5-2)10-13-9-6-3/h12H,4-10H2,1-3H3. The highest BCUT2D eigenvalue weighted by Gasteiger charge is 2.24. The van der Waals surface area contributed by atoms with E-state index in [1.54, 1.807) is 0 Å². The maximum atomic E-state index is 10.1. The molecular weight excluding hydrogens is 164 g/mol. The molecule has 0 aliphatic carbocycles. The molecule has 0 spiro atoms. The quantitative estimate of drug-likeness (QED) is 0.593. The first-order valence-electron chi connectivity index (χ1n) is 5.48. The Balaban J connectivity index is 3.76. The van der Waals surface area contributed by atoms with Gasteiger partial charge in [-0.15, -0.1) is 0 Å². The van der Waals surface area contributed by atoms with Gasteiger partial charge in [-0.05, 0) is 19.3 Å². The van der Waals surface area contributed by atoms with Crippen LogP contribution in [0.25, 0.3) is 0 Å². The van der Waals surface area contributed by atoms with Gasteiger partial charge >= 0.3 is 0 Å². The molecule has 0 aromatic carbocycles. The van der Waals surface area contributed by atoms with Crippen LogP contribution in [0, 0.1) is 0 Å². The zero-order chi connectivity index (χ0) is 10.2. The summed E-state index contributed by atoms with van der Waals surface area (Å²) in [4.78, 5) is 0. The Morgan fingerprint density at radius 2 is 1.54 bits per heavy atom. The molecule has 0 rings (SSSR count). The average Bonchev–Trinajstić information content (AvgIpc) is 2.05. The maximum Gasteiger partial charge on any atom is 0.0880 e. The fourth-order valence-corrected chi connectivity index (χ4v) is 1.61. The van der Waals surface area contributed by atoms with Gasteiger partial charge in [0.05, 0.1) is 12.2 Å². The van der Waals surface area contributed by atoms with Gasteiger partial charge in [-0.25, -0.2) is 0 Å². The van der Waals surface area contributed by atoms with Gasteiger partial charge in [-0.2, -0.15) is 0 Å². The molecule has 0 aromatic rings. The van der Waals surface area contributed by atoms with Crippen LogP contribution in [0.2, 0.25) is 0 Å². The third-order valence-electron chi connectivity index (χ3n) is 2.15. The van der Waals surface area contributed by atoms with Gasteiger partial charge in [0.1, 0.15) is 0 Å². The molecule has 0 aromatic heterocycles. The molecule has 0 radical (unpaired) electrons.